The first kappa shape index (κ1) is 9.91. The lowest BCUT2D eigenvalue weighted by molar-refractivity contribution is -0.0100. The molecule has 5 nitrogen and oxygen atoms in total. The summed E-state index contributed by atoms with van der Waals surface area (Å²) >= 11 is 0. The summed E-state index contributed by atoms with van der Waals surface area (Å²) in [7, 11) is -3.82. The Labute approximate surface area is 72.1 Å². The van der Waals surface area contributed by atoms with E-state index in [-0.39, 0.29) is 5.75 Å². The molecule has 72 valence electrons. The summed E-state index contributed by atoms with van der Waals surface area (Å²) in [6.07, 6.45) is 0.922. The van der Waals surface area contributed by atoms with E-state index in [1.54, 1.807) is 0 Å². The number of ether oxygens (including phenoxy) is 1. The van der Waals surface area contributed by atoms with E-state index in [2.05, 4.69) is 0 Å². The third kappa shape index (κ3) is 4.01. The van der Waals surface area contributed by atoms with Gasteiger partial charge < -0.3 is 4.74 Å². The molecule has 0 atom stereocenters. The van der Waals surface area contributed by atoms with E-state index >= 15 is 0 Å². The van der Waals surface area contributed by atoms with Gasteiger partial charge in [-0.15, -0.1) is 0 Å². The summed E-state index contributed by atoms with van der Waals surface area (Å²) in [6.45, 7) is 2.40. The predicted molar refractivity (Wildman–Crippen MR) is 43.4 cm³/mol. The highest BCUT2D eigenvalue weighted by molar-refractivity contribution is 7.85. The third-order valence-corrected chi connectivity index (χ3v) is 2.40. The van der Waals surface area contributed by atoms with Crippen molar-refractivity contribution in [3.05, 3.63) is 0 Å². The lowest BCUT2D eigenvalue weighted by Gasteiger charge is -2.25. The molecule has 1 rings (SSSR count). The van der Waals surface area contributed by atoms with Crippen molar-refractivity contribution in [2.24, 2.45) is 0 Å². The predicted octanol–water partition coefficient (Wildman–Crippen LogP) is -0.446. The molecule has 0 unspecified atom stereocenters. The first-order chi connectivity index (χ1) is 5.58. The molecule has 0 aromatic rings. The second kappa shape index (κ2) is 4.18. The summed E-state index contributed by atoms with van der Waals surface area (Å²) in [5.74, 6) is -0.212. The van der Waals surface area contributed by atoms with Crippen molar-refractivity contribution in [1.82, 2.24) is 4.90 Å². The molecule has 1 fully saturated rings. The summed E-state index contributed by atoms with van der Waals surface area (Å²) in [5, 5.41) is 0. The van der Waals surface area contributed by atoms with E-state index in [1.807, 2.05) is 4.90 Å². The van der Waals surface area contributed by atoms with Crippen molar-refractivity contribution >= 4 is 10.1 Å². The number of hydrogen-bond donors (Lipinski definition) is 1. The van der Waals surface area contributed by atoms with Crippen LogP contribution in [0.4, 0.5) is 0 Å². The molecular weight excluding hydrogens is 182 g/mol. The highest BCUT2D eigenvalue weighted by atomic mass is 32.2. The number of nitrogens with zero attached hydrogens (tertiary/aromatic N) is 1. The molecule has 0 aromatic heterocycles. The minimum atomic E-state index is -3.82. The zero-order valence-corrected chi connectivity index (χ0v) is 7.59. The molecule has 0 aromatic carbocycles. The minimum Gasteiger partial charge on any atom is -0.366 e. The zero-order valence-electron chi connectivity index (χ0n) is 6.77. The van der Waals surface area contributed by atoms with Gasteiger partial charge in [-0.3, -0.25) is 9.45 Å². The van der Waals surface area contributed by atoms with E-state index in [0.717, 1.165) is 19.6 Å². The van der Waals surface area contributed by atoms with Gasteiger partial charge in [-0.1, -0.05) is 0 Å². The fourth-order valence-electron chi connectivity index (χ4n) is 1.07. The molecule has 0 bridgehead atoms. The van der Waals surface area contributed by atoms with Crippen molar-refractivity contribution in [2.45, 2.75) is 6.42 Å². The van der Waals surface area contributed by atoms with Crippen LogP contribution in [0.5, 0.6) is 0 Å². The van der Waals surface area contributed by atoms with Gasteiger partial charge >= 0.3 is 0 Å². The van der Waals surface area contributed by atoms with E-state index in [1.165, 1.54) is 0 Å². The maximum absolute atomic E-state index is 10.4. The molecule has 6 heteroatoms. The van der Waals surface area contributed by atoms with Gasteiger partial charge in [0.15, 0.2) is 0 Å². The van der Waals surface area contributed by atoms with Crippen LogP contribution in [0.1, 0.15) is 6.42 Å². The van der Waals surface area contributed by atoms with Gasteiger partial charge in [0.2, 0.25) is 0 Å². The molecule has 0 aliphatic carbocycles. The molecule has 12 heavy (non-hydrogen) atoms. The van der Waals surface area contributed by atoms with Gasteiger partial charge in [0.25, 0.3) is 10.1 Å². The van der Waals surface area contributed by atoms with Crippen LogP contribution in [0, 0.1) is 0 Å². The number of hydrogen-bond acceptors (Lipinski definition) is 4. The van der Waals surface area contributed by atoms with E-state index in [9.17, 15) is 8.42 Å². The van der Waals surface area contributed by atoms with Gasteiger partial charge in [-0.2, -0.15) is 8.42 Å². The Bertz CT molecular complexity index is 220. The quantitative estimate of drug-likeness (QED) is 0.618. The van der Waals surface area contributed by atoms with E-state index in [0.29, 0.717) is 13.3 Å². The highest BCUT2D eigenvalue weighted by Gasteiger charge is 2.13. The highest BCUT2D eigenvalue weighted by Crippen LogP contribution is 2.00. The van der Waals surface area contributed by atoms with Crippen molar-refractivity contribution in [3.8, 4) is 0 Å². The molecule has 1 aliphatic rings. The zero-order chi connectivity index (χ0) is 9.03. The molecule has 0 radical (unpaired) electrons. The van der Waals surface area contributed by atoms with Gasteiger partial charge in [0, 0.05) is 19.7 Å². The van der Waals surface area contributed by atoms with Crippen molar-refractivity contribution in [3.63, 3.8) is 0 Å². The van der Waals surface area contributed by atoms with Crippen LogP contribution < -0.4 is 0 Å². The monoisotopic (exact) mass is 195 g/mol. The molecule has 1 N–H and O–H groups in total. The molecular formula is C6H13NO4S. The van der Waals surface area contributed by atoms with Crippen LogP contribution in [0.2, 0.25) is 0 Å². The molecule has 1 heterocycles. The summed E-state index contributed by atoms with van der Waals surface area (Å²) in [6, 6.07) is 0. The minimum absolute atomic E-state index is 0.212. The lowest BCUT2D eigenvalue weighted by Crippen LogP contribution is -2.36. The van der Waals surface area contributed by atoms with Crippen LogP contribution in [-0.4, -0.2) is 50.1 Å². The summed E-state index contributed by atoms with van der Waals surface area (Å²) in [4.78, 5) is 1.86. The van der Waals surface area contributed by atoms with Crippen LogP contribution in [0.25, 0.3) is 0 Å². The van der Waals surface area contributed by atoms with Gasteiger partial charge in [-0.25, -0.2) is 0 Å². The average Bonchev–Trinajstić information content (AvgIpc) is 2.02. The van der Waals surface area contributed by atoms with Gasteiger partial charge in [0.05, 0.1) is 12.5 Å². The largest absolute Gasteiger partial charge is 0.366 e. The van der Waals surface area contributed by atoms with Crippen LogP contribution in [0.15, 0.2) is 0 Å². The van der Waals surface area contributed by atoms with E-state index in [4.69, 9.17) is 9.29 Å². The topological polar surface area (TPSA) is 66.8 Å². The average molecular weight is 195 g/mol. The Morgan fingerprint density at radius 1 is 1.50 bits per heavy atom. The Kier molecular flexibility index (Phi) is 3.45. The summed E-state index contributed by atoms with van der Waals surface area (Å²) < 4.78 is 34.3. The van der Waals surface area contributed by atoms with Crippen LogP contribution in [0.3, 0.4) is 0 Å². The third-order valence-electron chi connectivity index (χ3n) is 1.70. The SMILES string of the molecule is O=S(=O)(O)CCN1CCCOC1. The molecule has 1 saturated heterocycles. The Hall–Kier alpha value is -0.170. The first-order valence-electron chi connectivity index (χ1n) is 3.83. The van der Waals surface area contributed by atoms with Crippen molar-refractivity contribution < 1.29 is 17.7 Å². The van der Waals surface area contributed by atoms with Crippen LogP contribution in [-0.2, 0) is 14.9 Å². The summed E-state index contributed by atoms with van der Waals surface area (Å²) in [5.41, 5.74) is 0. The normalized spacial score (nSPS) is 21.1. The lowest BCUT2D eigenvalue weighted by atomic mass is 10.4. The fourth-order valence-corrected chi connectivity index (χ4v) is 1.56. The Morgan fingerprint density at radius 2 is 2.25 bits per heavy atom. The second-order valence-corrected chi connectivity index (χ2v) is 4.37. The number of rotatable bonds is 3. The van der Waals surface area contributed by atoms with Gasteiger partial charge in [-0.05, 0) is 6.42 Å². The van der Waals surface area contributed by atoms with Crippen molar-refractivity contribution in [2.75, 3.05) is 32.2 Å². The molecule has 0 saturated carbocycles. The molecule has 0 spiro atoms. The maximum Gasteiger partial charge on any atom is 0.266 e. The fraction of sp³-hybridized carbons (Fsp3) is 1.00. The van der Waals surface area contributed by atoms with Crippen LogP contribution >= 0.6 is 0 Å². The van der Waals surface area contributed by atoms with E-state index < -0.39 is 10.1 Å². The standard InChI is InChI=1S/C6H13NO4S/c8-12(9,10)5-3-7-2-1-4-11-6-7/h1-6H2,(H,8,9,10). The first-order valence-corrected chi connectivity index (χ1v) is 5.44. The Morgan fingerprint density at radius 3 is 2.75 bits per heavy atom. The maximum atomic E-state index is 10.4. The molecule has 0 amide bonds. The van der Waals surface area contributed by atoms with Gasteiger partial charge in [0.1, 0.15) is 0 Å². The van der Waals surface area contributed by atoms with Crippen molar-refractivity contribution in [1.29, 1.82) is 0 Å². The Balaban J connectivity index is 2.22. The molecule has 1 aliphatic heterocycles. The second-order valence-electron chi connectivity index (χ2n) is 2.79. The smallest absolute Gasteiger partial charge is 0.266 e.